The zero-order valence-electron chi connectivity index (χ0n) is 11.5. The van der Waals surface area contributed by atoms with Gasteiger partial charge in [-0.1, -0.05) is 45.9 Å². The first-order valence-electron chi connectivity index (χ1n) is 6.57. The van der Waals surface area contributed by atoms with Gasteiger partial charge in [0.05, 0.1) is 6.61 Å². The van der Waals surface area contributed by atoms with Crippen molar-refractivity contribution in [3.8, 4) is 5.75 Å². The van der Waals surface area contributed by atoms with E-state index in [1.54, 1.807) is 0 Å². The SMILES string of the molecule is CCCOc1ccccc1C(N)(CC)C(C)C. The number of benzene rings is 1. The lowest BCUT2D eigenvalue weighted by atomic mass is 9.78. The van der Waals surface area contributed by atoms with Crippen LogP contribution < -0.4 is 10.5 Å². The van der Waals surface area contributed by atoms with Crippen LogP contribution in [0.2, 0.25) is 0 Å². The summed E-state index contributed by atoms with van der Waals surface area (Å²) in [7, 11) is 0. The predicted molar refractivity (Wildman–Crippen MR) is 73.2 cm³/mol. The molecule has 1 rings (SSSR count). The fourth-order valence-electron chi connectivity index (χ4n) is 2.10. The second kappa shape index (κ2) is 6.06. The minimum absolute atomic E-state index is 0.301. The molecule has 0 saturated heterocycles. The molecule has 0 radical (unpaired) electrons. The third-order valence-electron chi connectivity index (χ3n) is 3.47. The van der Waals surface area contributed by atoms with Crippen molar-refractivity contribution in [3.63, 3.8) is 0 Å². The minimum atomic E-state index is -0.301. The van der Waals surface area contributed by atoms with E-state index in [0.29, 0.717) is 5.92 Å². The zero-order chi connectivity index (χ0) is 12.9. The topological polar surface area (TPSA) is 35.2 Å². The zero-order valence-corrected chi connectivity index (χ0v) is 11.5. The summed E-state index contributed by atoms with van der Waals surface area (Å²) in [6.45, 7) is 9.33. The van der Waals surface area contributed by atoms with Crippen LogP contribution in [0.25, 0.3) is 0 Å². The van der Waals surface area contributed by atoms with Gasteiger partial charge in [-0.15, -0.1) is 0 Å². The molecule has 0 spiro atoms. The molecule has 0 amide bonds. The lowest BCUT2D eigenvalue weighted by Crippen LogP contribution is -2.41. The highest BCUT2D eigenvalue weighted by atomic mass is 16.5. The molecule has 1 unspecified atom stereocenters. The molecular weight excluding hydrogens is 210 g/mol. The third-order valence-corrected chi connectivity index (χ3v) is 3.47. The quantitative estimate of drug-likeness (QED) is 0.816. The first-order chi connectivity index (χ1) is 8.06. The van der Waals surface area contributed by atoms with Crippen LogP contribution in [0, 0.1) is 5.92 Å². The second-order valence-corrected chi connectivity index (χ2v) is 4.89. The van der Waals surface area contributed by atoms with Gasteiger partial charge in [-0.05, 0) is 24.8 Å². The summed E-state index contributed by atoms with van der Waals surface area (Å²) in [4.78, 5) is 0. The Morgan fingerprint density at radius 2 is 1.88 bits per heavy atom. The molecule has 96 valence electrons. The number of nitrogens with two attached hydrogens (primary N) is 1. The minimum Gasteiger partial charge on any atom is -0.493 e. The van der Waals surface area contributed by atoms with E-state index in [0.717, 1.165) is 30.8 Å². The second-order valence-electron chi connectivity index (χ2n) is 4.89. The highest BCUT2D eigenvalue weighted by molar-refractivity contribution is 5.39. The molecule has 2 N–H and O–H groups in total. The lowest BCUT2D eigenvalue weighted by molar-refractivity contribution is 0.269. The molecule has 0 aliphatic rings. The predicted octanol–water partition coefficient (Wildman–Crippen LogP) is 3.70. The molecule has 0 bridgehead atoms. The van der Waals surface area contributed by atoms with Gasteiger partial charge in [0.25, 0.3) is 0 Å². The van der Waals surface area contributed by atoms with Crippen molar-refractivity contribution in [2.75, 3.05) is 6.61 Å². The van der Waals surface area contributed by atoms with Crippen LogP contribution in [0.4, 0.5) is 0 Å². The summed E-state index contributed by atoms with van der Waals surface area (Å²) in [6.07, 6.45) is 1.93. The Morgan fingerprint density at radius 3 is 2.41 bits per heavy atom. The van der Waals surface area contributed by atoms with Crippen LogP contribution in [0.1, 0.15) is 46.1 Å². The molecule has 1 aromatic carbocycles. The highest BCUT2D eigenvalue weighted by Gasteiger charge is 2.31. The van der Waals surface area contributed by atoms with Gasteiger partial charge in [0.15, 0.2) is 0 Å². The van der Waals surface area contributed by atoms with Crippen molar-refractivity contribution >= 4 is 0 Å². The van der Waals surface area contributed by atoms with Gasteiger partial charge < -0.3 is 10.5 Å². The fraction of sp³-hybridized carbons (Fsp3) is 0.600. The Morgan fingerprint density at radius 1 is 1.24 bits per heavy atom. The molecule has 1 aromatic rings. The average Bonchev–Trinajstić information content (AvgIpc) is 2.35. The van der Waals surface area contributed by atoms with Crippen molar-refractivity contribution in [1.29, 1.82) is 0 Å². The van der Waals surface area contributed by atoms with Crippen molar-refractivity contribution in [3.05, 3.63) is 29.8 Å². The van der Waals surface area contributed by atoms with Gasteiger partial charge in [0.2, 0.25) is 0 Å². The lowest BCUT2D eigenvalue weighted by Gasteiger charge is -2.34. The van der Waals surface area contributed by atoms with Crippen molar-refractivity contribution in [1.82, 2.24) is 0 Å². The summed E-state index contributed by atoms with van der Waals surface area (Å²) in [5.41, 5.74) is 7.38. The molecule has 0 aliphatic carbocycles. The Kier molecular flexibility index (Phi) is 5.01. The van der Waals surface area contributed by atoms with E-state index in [1.165, 1.54) is 0 Å². The molecule has 0 aromatic heterocycles. The van der Waals surface area contributed by atoms with Crippen LogP contribution in [-0.2, 0) is 5.54 Å². The van der Waals surface area contributed by atoms with Crippen LogP contribution >= 0.6 is 0 Å². The Balaban J connectivity index is 3.10. The molecule has 0 aliphatic heterocycles. The first-order valence-corrected chi connectivity index (χ1v) is 6.57. The number of ether oxygens (including phenoxy) is 1. The molecule has 1 atom stereocenters. The maximum absolute atomic E-state index is 6.55. The number of rotatable bonds is 6. The molecule has 0 saturated carbocycles. The van der Waals surface area contributed by atoms with Gasteiger partial charge in [-0.2, -0.15) is 0 Å². The van der Waals surface area contributed by atoms with E-state index in [1.807, 2.05) is 18.2 Å². The third kappa shape index (κ3) is 3.01. The molecule has 17 heavy (non-hydrogen) atoms. The van der Waals surface area contributed by atoms with Crippen LogP contribution in [-0.4, -0.2) is 6.61 Å². The van der Waals surface area contributed by atoms with E-state index in [9.17, 15) is 0 Å². The van der Waals surface area contributed by atoms with Gasteiger partial charge in [-0.3, -0.25) is 0 Å². The van der Waals surface area contributed by atoms with Crippen molar-refractivity contribution in [2.24, 2.45) is 11.7 Å². The monoisotopic (exact) mass is 235 g/mol. The van der Waals surface area contributed by atoms with Crippen LogP contribution in [0.3, 0.4) is 0 Å². The Bertz CT molecular complexity index is 349. The molecule has 0 fully saturated rings. The van der Waals surface area contributed by atoms with Gasteiger partial charge in [-0.25, -0.2) is 0 Å². The van der Waals surface area contributed by atoms with Gasteiger partial charge >= 0.3 is 0 Å². The number of hydrogen-bond donors (Lipinski definition) is 1. The molecule has 2 nitrogen and oxygen atoms in total. The summed E-state index contributed by atoms with van der Waals surface area (Å²) in [6, 6.07) is 8.15. The Labute approximate surface area is 105 Å². The van der Waals surface area contributed by atoms with E-state index >= 15 is 0 Å². The molecule has 2 heteroatoms. The van der Waals surface area contributed by atoms with E-state index in [-0.39, 0.29) is 5.54 Å². The molecular formula is C15H25NO. The number of para-hydroxylation sites is 1. The van der Waals surface area contributed by atoms with Crippen LogP contribution in [0.15, 0.2) is 24.3 Å². The average molecular weight is 235 g/mol. The van der Waals surface area contributed by atoms with Crippen molar-refractivity contribution in [2.45, 2.75) is 46.1 Å². The maximum atomic E-state index is 6.55. The number of hydrogen-bond acceptors (Lipinski definition) is 2. The summed E-state index contributed by atoms with van der Waals surface area (Å²) in [5.74, 6) is 1.33. The normalized spacial score (nSPS) is 14.7. The van der Waals surface area contributed by atoms with E-state index in [4.69, 9.17) is 10.5 Å². The largest absolute Gasteiger partial charge is 0.493 e. The summed E-state index contributed by atoms with van der Waals surface area (Å²) >= 11 is 0. The highest BCUT2D eigenvalue weighted by Crippen LogP contribution is 2.36. The summed E-state index contributed by atoms with van der Waals surface area (Å²) < 4.78 is 5.80. The Hall–Kier alpha value is -1.02. The van der Waals surface area contributed by atoms with E-state index < -0.39 is 0 Å². The van der Waals surface area contributed by atoms with Gasteiger partial charge in [0, 0.05) is 11.1 Å². The standard InChI is InChI=1S/C15H25NO/c1-5-11-17-14-10-8-7-9-13(14)15(16,6-2)12(3)4/h7-10,12H,5-6,11,16H2,1-4H3. The van der Waals surface area contributed by atoms with Gasteiger partial charge in [0.1, 0.15) is 5.75 Å². The smallest absolute Gasteiger partial charge is 0.124 e. The summed E-state index contributed by atoms with van der Waals surface area (Å²) in [5, 5.41) is 0. The maximum Gasteiger partial charge on any atom is 0.124 e. The first kappa shape index (κ1) is 14.0. The van der Waals surface area contributed by atoms with Crippen LogP contribution in [0.5, 0.6) is 5.75 Å². The molecule has 0 heterocycles. The van der Waals surface area contributed by atoms with E-state index in [2.05, 4.69) is 33.8 Å². The van der Waals surface area contributed by atoms with Crippen molar-refractivity contribution < 1.29 is 4.74 Å². The fourth-order valence-corrected chi connectivity index (χ4v) is 2.10.